The number of carbonyl (C=O) groups excluding carboxylic acids is 1. The Balaban J connectivity index is 1.37. The summed E-state index contributed by atoms with van der Waals surface area (Å²) in [6.07, 6.45) is 2.93. The van der Waals surface area contributed by atoms with Crippen molar-refractivity contribution in [1.29, 1.82) is 0 Å². The Kier molecular flexibility index (Phi) is 4.55. The average molecular weight is 393 g/mol. The van der Waals surface area contributed by atoms with Crippen LogP contribution >= 0.6 is 11.8 Å². The molecule has 3 fully saturated rings. The fourth-order valence-electron chi connectivity index (χ4n) is 4.16. The summed E-state index contributed by atoms with van der Waals surface area (Å²) in [6, 6.07) is 3.48. The second kappa shape index (κ2) is 7.05. The van der Waals surface area contributed by atoms with E-state index in [1.165, 1.54) is 25.3 Å². The number of benzene rings is 1. The molecule has 1 N–H and O–H groups in total. The molecule has 146 valence electrons. The first-order valence-electron chi connectivity index (χ1n) is 9.73. The SMILES string of the molecule is O=C1O[C@@H](CNC2CCC2)[C@@H]2COc3cc(N4CCSCC4)c(F)cc3N12. The molecule has 0 radical (unpaired) electrons. The molecule has 6 nitrogen and oxygen atoms in total. The summed E-state index contributed by atoms with van der Waals surface area (Å²) in [5, 5.41) is 3.46. The first kappa shape index (κ1) is 17.4. The van der Waals surface area contributed by atoms with Crippen molar-refractivity contribution in [3.63, 3.8) is 0 Å². The molecule has 2 saturated heterocycles. The van der Waals surface area contributed by atoms with Gasteiger partial charge in [0.15, 0.2) is 0 Å². The van der Waals surface area contributed by atoms with Crippen LogP contribution in [0.3, 0.4) is 0 Å². The van der Waals surface area contributed by atoms with Gasteiger partial charge in [0.1, 0.15) is 30.3 Å². The van der Waals surface area contributed by atoms with Crippen LogP contribution in [0.15, 0.2) is 12.1 Å². The van der Waals surface area contributed by atoms with Gasteiger partial charge in [-0.15, -0.1) is 0 Å². The molecule has 3 aliphatic heterocycles. The number of ether oxygens (including phenoxy) is 2. The lowest BCUT2D eigenvalue weighted by Crippen LogP contribution is -2.49. The van der Waals surface area contributed by atoms with E-state index in [2.05, 4.69) is 10.2 Å². The average Bonchev–Trinajstić information content (AvgIpc) is 2.97. The number of hydrogen-bond acceptors (Lipinski definition) is 6. The number of halogens is 1. The molecular weight excluding hydrogens is 369 g/mol. The molecule has 1 saturated carbocycles. The molecule has 0 aromatic heterocycles. The van der Waals surface area contributed by atoms with E-state index in [0.29, 0.717) is 36.3 Å². The van der Waals surface area contributed by atoms with E-state index < -0.39 is 6.09 Å². The van der Waals surface area contributed by atoms with Crippen LogP contribution in [0.2, 0.25) is 0 Å². The van der Waals surface area contributed by atoms with Gasteiger partial charge in [-0.25, -0.2) is 9.18 Å². The van der Waals surface area contributed by atoms with Crippen molar-refractivity contribution in [2.45, 2.75) is 37.5 Å². The van der Waals surface area contributed by atoms with Crippen LogP contribution in [0.1, 0.15) is 19.3 Å². The summed E-state index contributed by atoms with van der Waals surface area (Å²) in [5.41, 5.74) is 1.04. The molecule has 1 aliphatic carbocycles. The van der Waals surface area contributed by atoms with Gasteiger partial charge in [0.2, 0.25) is 0 Å². The number of amides is 1. The van der Waals surface area contributed by atoms with Gasteiger partial charge in [-0.3, -0.25) is 4.90 Å². The van der Waals surface area contributed by atoms with Gasteiger partial charge in [0.25, 0.3) is 0 Å². The second-order valence-corrected chi connectivity index (χ2v) is 8.80. The smallest absolute Gasteiger partial charge is 0.415 e. The third kappa shape index (κ3) is 3.12. The molecule has 1 amide bonds. The van der Waals surface area contributed by atoms with Crippen LogP contribution in [-0.4, -0.2) is 62.0 Å². The molecule has 2 atom stereocenters. The normalized spacial score (nSPS) is 27.5. The van der Waals surface area contributed by atoms with E-state index in [-0.39, 0.29) is 18.0 Å². The lowest BCUT2D eigenvalue weighted by atomic mass is 9.93. The summed E-state index contributed by atoms with van der Waals surface area (Å²) >= 11 is 1.88. The lowest BCUT2D eigenvalue weighted by molar-refractivity contribution is 0.115. The van der Waals surface area contributed by atoms with Crippen LogP contribution in [0.4, 0.5) is 20.6 Å². The largest absolute Gasteiger partial charge is 0.489 e. The van der Waals surface area contributed by atoms with Gasteiger partial charge in [0.05, 0.1) is 11.4 Å². The fourth-order valence-corrected chi connectivity index (χ4v) is 5.06. The van der Waals surface area contributed by atoms with Crippen LogP contribution < -0.4 is 19.9 Å². The van der Waals surface area contributed by atoms with Crippen molar-refractivity contribution < 1.29 is 18.7 Å². The van der Waals surface area contributed by atoms with Gasteiger partial charge in [0, 0.05) is 49.3 Å². The van der Waals surface area contributed by atoms with Gasteiger partial charge < -0.3 is 19.7 Å². The number of rotatable bonds is 4. The zero-order valence-corrected chi connectivity index (χ0v) is 16.0. The van der Waals surface area contributed by atoms with E-state index in [4.69, 9.17) is 9.47 Å². The molecule has 0 bridgehead atoms. The zero-order chi connectivity index (χ0) is 18.4. The summed E-state index contributed by atoms with van der Waals surface area (Å²) in [5.74, 6) is 2.24. The zero-order valence-electron chi connectivity index (χ0n) is 15.2. The topological polar surface area (TPSA) is 54.0 Å². The van der Waals surface area contributed by atoms with Crippen molar-refractivity contribution in [2.75, 3.05) is 47.5 Å². The van der Waals surface area contributed by atoms with Crippen molar-refractivity contribution in [3.05, 3.63) is 17.9 Å². The van der Waals surface area contributed by atoms with Crippen molar-refractivity contribution in [2.24, 2.45) is 0 Å². The number of anilines is 2. The maximum Gasteiger partial charge on any atom is 0.415 e. The van der Waals surface area contributed by atoms with Crippen molar-refractivity contribution in [3.8, 4) is 5.75 Å². The molecule has 4 aliphatic rings. The highest BCUT2D eigenvalue weighted by Crippen LogP contribution is 2.42. The number of nitrogens with zero attached hydrogens (tertiary/aromatic N) is 2. The first-order chi connectivity index (χ1) is 13.2. The Morgan fingerprint density at radius 1 is 1.22 bits per heavy atom. The highest BCUT2D eigenvalue weighted by molar-refractivity contribution is 7.99. The number of fused-ring (bicyclic) bond motifs is 3. The maximum absolute atomic E-state index is 14.9. The third-order valence-corrected chi connectivity index (χ3v) is 6.91. The second-order valence-electron chi connectivity index (χ2n) is 7.58. The molecule has 0 spiro atoms. The predicted octanol–water partition coefficient (Wildman–Crippen LogP) is 2.61. The van der Waals surface area contributed by atoms with E-state index in [9.17, 15) is 9.18 Å². The minimum Gasteiger partial charge on any atom is -0.489 e. The molecule has 1 aromatic carbocycles. The quantitative estimate of drug-likeness (QED) is 0.849. The Morgan fingerprint density at radius 3 is 2.78 bits per heavy atom. The van der Waals surface area contributed by atoms with E-state index in [1.807, 2.05) is 11.8 Å². The number of cyclic esters (lactones) is 1. The van der Waals surface area contributed by atoms with Gasteiger partial charge in [-0.2, -0.15) is 11.8 Å². The third-order valence-electron chi connectivity index (χ3n) is 5.97. The fraction of sp³-hybridized carbons (Fsp3) is 0.632. The molecule has 5 rings (SSSR count). The van der Waals surface area contributed by atoms with Gasteiger partial charge in [-0.1, -0.05) is 6.42 Å². The monoisotopic (exact) mass is 393 g/mol. The van der Waals surface area contributed by atoms with Gasteiger partial charge in [-0.05, 0) is 12.8 Å². The Labute approximate surface area is 162 Å². The van der Waals surface area contributed by atoms with Gasteiger partial charge >= 0.3 is 6.09 Å². The summed E-state index contributed by atoms with van der Waals surface area (Å²) in [4.78, 5) is 16.1. The number of nitrogens with one attached hydrogen (secondary N) is 1. The molecule has 8 heteroatoms. The highest BCUT2D eigenvalue weighted by atomic mass is 32.2. The summed E-state index contributed by atoms with van der Waals surface area (Å²) in [6.45, 7) is 2.63. The predicted molar refractivity (Wildman–Crippen MR) is 104 cm³/mol. The molecular formula is C19H24FN3O3S. The standard InChI is InChI=1S/C19H24FN3O3S/c20-13-8-15-17(9-14(13)22-4-6-27-7-5-22)25-11-16-18(26-19(24)23(15)16)10-21-12-2-1-3-12/h8-9,12,16,18,21H,1-7,10-11H2/t16-,18-/m0/s1. The molecule has 0 unspecified atom stereocenters. The van der Waals surface area contributed by atoms with Crippen LogP contribution in [0, 0.1) is 5.82 Å². The van der Waals surface area contributed by atoms with E-state index in [1.54, 1.807) is 11.0 Å². The van der Waals surface area contributed by atoms with E-state index >= 15 is 0 Å². The summed E-state index contributed by atoms with van der Waals surface area (Å²) in [7, 11) is 0. The lowest BCUT2D eigenvalue weighted by Gasteiger charge is -2.34. The van der Waals surface area contributed by atoms with E-state index in [0.717, 1.165) is 24.6 Å². The minimum atomic E-state index is -0.411. The number of thioether (sulfide) groups is 1. The number of carbonyl (C=O) groups is 1. The molecule has 27 heavy (non-hydrogen) atoms. The molecule has 1 aromatic rings. The first-order valence-corrected chi connectivity index (χ1v) is 10.9. The highest BCUT2D eigenvalue weighted by Gasteiger charge is 2.47. The summed E-state index contributed by atoms with van der Waals surface area (Å²) < 4.78 is 26.4. The Hall–Kier alpha value is -1.67. The van der Waals surface area contributed by atoms with Crippen LogP contribution in [0.5, 0.6) is 5.75 Å². The van der Waals surface area contributed by atoms with Crippen molar-refractivity contribution >= 4 is 29.2 Å². The van der Waals surface area contributed by atoms with Crippen LogP contribution in [-0.2, 0) is 4.74 Å². The number of hydrogen-bond donors (Lipinski definition) is 1. The van der Waals surface area contributed by atoms with Crippen molar-refractivity contribution in [1.82, 2.24) is 5.32 Å². The maximum atomic E-state index is 14.9. The Morgan fingerprint density at radius 2 is 2.04 bits per heavy atom. The molecule has 3 heterocycles. The minimum absolute atomic E-state index is 0.214. The Bertz CT molecular complexity index is 739. The van der Waals surface area contributed by atoms with Crippen LogP contribution in [0.25, 0.3) is 0 Å².